The van der Waals surface area contributed by atoms with E-state index in [1.807, 2.05) is 67.8 Å². The van der Waals surface area contributed by atoms with Crippen LogP contribution in [-0.4, -0.2) is 34.4 Å². The van der Waals surface area contributed by atoms with Gasteiger partial charge < -0.3 is 19.9 Å². The Kier molecular flexibility index (Phi) is 6.62. The predicted octanol–water partition coefficient (Wildman–Crippen LogP) is 5.05. The monoisotopic (exact) mass is 547 g/mol. The lowest BCUT2D eigenvalue weighted by atomic mass is 9.96. The summed E-state index contributed by atoms with van der Waals surface area (Å²) in [6, 6.07) is 20.3. The number of para-hydroxylation sites is 2. The van der Waals surface area contributed by atoms with Crippen molar-refractivity contribution in [3.63, 3.8) is 0 Å². The lowest BCUT2D eigenvalue weighted by Crippen LogP contribution is -2.29. The molecule has 2 atom stereocenters. The normalized spacial score (nSPS) is 17.5. The van der Waals surface area contributed by atoms with Crippen molar-refractivity contribution in [3.05, 3.63) is 101 Å². The van der Waals surface area contributed by atoms with Gasteiger partial charge in [0.15, 0.2) is 5.11 Å². The highest BCUT2D eigenvalue weighted by Gasteiger charge is 2.42. The molecule has 4 aromatic rings. The molecule has 1 aliphatic heterocycles. The zero-order chi connectivity index (χ0) is 27.2. The van der Waals surface area contributed by atoms with Crippen LogP contribution in [0, 0.1) is 20.8 Å². The molecule has 0 aliphatic carbocycles. The molecule has 2 aromatic carbocycles. The molecule has 1 saturated heterocycles. The third kappa shape index (κ3) is 4.72. The first-order valence-corrected chi connectivity index (χ1v) is 14.4. The average molecular weight is 548 g/mol. The number of phenols is 1. The van der Waals surface area contributed by atoms with Gasteiger partial charge in [0.1, 0.15) is 5.75 Å². The Morgan fingerprint density at radius 3 is 2.42 bits per heavy atom. The van der Waals surface area contributed by atoms with Crippen LogP contribution in [0.4, 0.5) is 11.4 Å². The molecule has 5 rings (SSSR count). The van der Waals surface area contributed by atoms with Crippen LogP contribution < -0.4 is 14.9 Å². The molecular formula is C28H29N5O3S2. The lowest BCUT2D eigenvalue weighted by molar-refractivity contribution is 0.471. The standard InChI is InChI=1S/C28H29N5O3S2/c1-17-15-20(12-13-22(17)31-38(4,35)36)33-27(26(30-28(33)37)23-9-7-8-14-29-23)21-16-18(2)32(19(21)3)24-10-5-6-11-25(24)34/h5-16,26-27,31,34H,1-4H3,(H,30,37)/t26-,27+/m0/s1. The fourth-order valence-corrected chi connectivity index (χ4v) is 6.15. The van der Waals surface area contributed by atoms with Gasteiger partial charge in [-0.2, -0.15) is 0 Å². The fraction of sp³-hybridized carbons (Fsp3) is 0.214. The smallest absolute Gasteiger partial charge is 0.229 e. The van der Waals surface area contributed by atoms with Crippen LogP contribution in [0.15, 0.2) is 72.9 Å². The number of phenolic OH excluding ortho intramolecular Hbond substituents is 1. The number of hydrogen-bond donors (Lipinski definition) is 3. The molecule has 3 N–H and O–H groups in total. The number of thiocarbonyl (C=S) groups is 1. The number of aromatic nitrogens is 2. The van der Waals surface area contributed by atoms with Crippen molar-refractivity contribution >= 4 is 38.7 Å². The number of sulfonamides is 1. The van der Waals surface area contributed by atoms with E-state index in [1.165, 1.54) is 0 Å². The molecule has 1 aliphatic rings. The van der Waals surface area contributed by atoms with Crippen molar-refractivity contribution in [1.82, 2.24) is 14.9 Å². The van der Waals surface area contributed by atoms with Crippen LogP contribution in [-0.2, 0) is 10.0 Å². The summed E-state index contributed by atoms with van der Waals surface area (Å²) in [4.78, 5) is 6.69. The molecule has 8 nitrogen and oxygen atoms in total. The Hall–Kier alpha value is -3.89. The van der Waals surface area contributed by atoms with E-state index in [9.17, 15) is 13.5 Å². The van der Waals surface area contributed by atoms with Gasteiger partial charge >= 0.3 is 0 Å². The third-order valence-electron chi connectivity index (χ3n) is 6.79. The zero-order valence-electron chi connectivity index (χ0n) is 21.5. The quantitative estimate of drug-likeness (QED) is 0.291. The van der Waals surface area contributed by atoms with Gasteiger partial charge in [0, 0.05) is 23.3 Å². The second kappa shape index (κ2) is 9.77. The van der Waals surface area contributed by atoms with E-state index in [2.05, 4.69) is 26.0 Å². The molecular weight excluding hydrogens is 518 g/mol. The van der Waals surface area contributed by atoms with Gasteiger partial charge in [-0.15, -0.1) is 0 Å². The van der Waals surface area contributed by atoms with Gasteiger partial charge in [0.2, 0.25) is 10.0 Å². The SMILES string of the molecule is Cc1cc(N2C(=S)N[C@@H](c3ccccn3)[C@H]2c2cc(C)n(-c3ccccc3O)c2C)ccc1NS(C)(=O)=O. The molecule has 1 fully saturated rings. The number of hydrogen-bond acceptors (Lipinski definition) is 5. The Morgan fingerprint density at radius 1 is 1.03 bits per heavy atom. The highest BCUT2D eigenvalue weighted by atomic mass is 32.2. The average Bonchev–Trinajstić information content (AvgIpc) is 3.36. The summed E-state index contributed by atoms with van der Waals surface area (Å²) in [5.41, 5.74) is 6.65. The third-order valence-corrected chi connectivity index (χ3v) is 7.70. The van der Waals surface area contributed by atoms with Gasteiger partial charge in [-0.1, -0.05) is 18.2 Å². The molecule has 0 spiro atoms. The van der Waals surface area contributed by atoms with Crippen molar-refractivity contribution < 1.29 is 13.5 Å². The predicted molar refractivity (Wildman–Crippen MR) is 154 cm³/mol. The number of benzene rings is 2. The number of nitrogens with one attached hydrogen (secondary N) is 2. The molecule has 196 valence electrons. The number of rotatable bonds is 6. The molecule has 10 heteroatoms. The van der Waals surface area contributed by atoms with Gasteiger partial charge in [0.05, 0.1) is 35.4 Å². The minimum absolute atomic E-state index is 0.198. The van der Waals surface area contributed by atoms with Crippen molar-refractivity contribution in [3.8, 4) is 11.4 Å². The van der Waals surface area contributed by atoms with Crippen molar-refractivity contribution in [2.24, 2.45) is 0 Å². The largest absolute Gasteiger partial charge is 0.506 e. The first-order chi connectivity index (χ1) is 18.0. The van der Waals surface area contributed by atoms with Gasteiger partial charge in [-0.05, 0) is 92.6 Å². The summed E-state index contributed by atoms with van der Waals surface area (Å²) in [6.07, 6.45) is 2.90. The highest BCUT2D eigenvalue weighted by molar-refractivity contribution is 7.92. The number of anilines is 2. The number of nitrogens with zero attached hydrogens (tertiary/aromatic N) is 3. The van der Waals surface area contributed by atoms with E-state index in [0.29, 0.717) is 16.5 Å². The van der Waals surface area contributed by atoms with Crippen molar-refractivity contribution in [2.45, 2.75) is 32.9 Å². The van der Waals surface area contributed by atoms with Crippen LogP contribution in [0.25, 0.3) is 5.69 Å². The topological polar surface area (TPSA) is 99.5 Å². The maximum absolute atomic E-state index is 11.8. The molecule has 38 heavy (non-hydrogen) atoms. The number of pyridine rings is 1. The number of aromatic hydroxyl groups is 1. The summed E-state index contributed by atoms with van der Waals surface area (Å²) >= 11 is 5.87. The number of aryl methyl sites for hydroxylation is 2. The zero-order valence-corrected chi connectivity index (χ0v) is 23.1. The van der Waals surface area contributed by atoms with Crippen LogP contribution in [0.1, 0.15) is 40.3 Å². The molecule has 0 saturated carbocycles. The summed E-state index contributed by atoms with van der Waals surface area (Å²) in [6.45, 7) is 5.91. The molecule has 0 amide bonds. The minimum Gasteiger partial charge on any atom is -0.506 e. The van der Waals surface area contributed by atoms with Crippen LogP contribution in [0.5, 0.6) is 5.75 Å². The fourth-order valence-electron chi connectivity index (χ4n) is 5.17. The van der Waals surface area contributed by atoms with Gasteiger partial charge in [-0.3, -0.25) is 9.71 Å². The van der Waals surface area contributed by atoms with E-state index in [-0.39, 0.29) is 17.8 Å². The van der Waals surface area contributed by atoms with Crippen LogP contribution in [0.3, 0.4) is 0 Å². The second-order valence-electron chi connectivity index (χ2n) is 9.52. The van der Waals surface area contributed by atoms with E-state index in [0.717, 1.165) is 40.2 Å². The molecule has 0 bridgehead atoms. The molecule has 0 radical (unpaired) electrons. The molecule has 2 aromatic heterocycles. The molecule has 3 heterocycles. The van der Waals surface area contributed by atoms with E-state index >= 15 is 0 Å². The van der Waals surface area contributed by atoms with Crippen molar-refractivity contribution in [1.29, 1.82) is 0 Å². The Morgan fingerprint density at radius 2 is 1.76 bits per heavy atom. The van der Waals surface area contributed by atoms with Gasteiger partial charge in [0.25, 0.3) is 0 Å². The maximum Gasteiger partial charge on any atom is 0.229 e. The summed E-state index contributed by atoms with van der Waals surface area (Å²) in [7, 11) is -3.41. The van der Waals surface area contributed by atoms with E-state index in [4.69, 9.17) is 12.2 Å². The first-order valence-electron chi connectivity index (χ1n) is 12.1. The van der Waals surface area contributed by atoms with E-state index in [1.54, 1.807) is 24.4 Å². The first kappa shape index (κ1) is 25.7. The summed E-state index contributed by atoms with van der Waals surface area (Å²) < 4.78 is 28.2. The summed E-state index contributed by atoms with van der Waals surface area (Å²) in [5, 5.41) is 14.6. The lowest BCUT2D eigenvalue weighted by Gasteiger charge is -2.29. The van der Waals surface area contributed by atoms with Crippen molar-refractivity contribution in [2.75, 3.05) is 15.9 Å². The van der Waals surface area contributed by atoms with Gasteiger partial charge in [-0.25, -0.2) is 8.42 Å². The Balaban J connectivity index is 1.66. The van der Waals surface area contributed by atoms with Crippen LogP contribution in [0.2, 0.25) is 0 Å². The summed E-state index contributed by atoms with van der Waals surface area (Å²) in [5.74, 6) is 0.198. The Labute approximate surface area is 228 Å². The highest BCUT2D eigenvalue weighted by Crippen LogP contribution is 2.44. The molecule has 0 unspecified atom stereocenters. The maximum atomic E-state index is 11.8. The second-order valence-corrected chi connectivity index (χ2v) is 11.7. The van der Waals surface area contributed by atoms with E-state index < -0.39 is 10.0 Å². The Bertz CT molecular complexity index is 1630. The van der Waals surface area contributed by atoms with Crippen LogP contribution >= 0.6 is 12.2 Å². The minimum atomic E-state index is -3.41.